The second-order valence-electron chi connectivity index (χ2n) is 4.88. The molecule has 0 aliphatic carbocycles. The lowest BCUT2D eigenvalue weighted by molar-refractivity contribution is -0.145. The summed E-state index contributed by atoms with van der Waals surface area (Å²) in [5.41, 5.74) is 1.20. The minimum Gasteiger partial charge on any atom is -0.482 e. The molecule has 1 heterocycles. The van der Waals surface area contributed by atoms with Gasteiger partial charge >= 0.3 is 5.97 Å². The van der Waals surface area contributed by atoms with E-state index in [-0.39, 0.29) is 12.6 Å². The second kappa shape index (κ2) is 7.14. The third-order valence-corrected chi connectivity index (χ3v) is 3.37. The van der Waals surface area contributed by atoms with Gasteiger partial charge in [-0.2, -0.15) is 0 Å². The van der Waals surface area contributed by atoms with Crippen LogP contribution in [0.1, 0.15) is 6.92 Å². The Hall–Kier alpha value is -1.75. The first-order valence-corrected chi connectivity index (χ1v) is 7.01. The van der Waals surface area contributed by atoms with Crippen molar-refractivity contribution in [3.63, 3.8) is 0 Å². The maximum atomic E-state index is 11.2. The van der Waals surface area contributed by atoms with E-state index in [1.165, 1.54) is 5.69 Å². The zero-order chi connectivity index (χ0) is 14.4. The van der Waals surface area contributed by atoms with Crippen LogP contribution in [0.3, 0.4) is 0 Å². The first kappa shape index (κ1) is 14.7. The smallest absolute Gasteiger partial charge is 0.344 e. The normalized spacial score (nSPS) is 16.0. The minimum absolute atomic E-state index is 0.0400. The third-order valence-electron chi connectivity index (χ3n) is 3.37. The number of piperazine rings is 1. The van der Waals surface area contributed by atoms with Gasteiger partial charge in [0.2, 0.25) is 0 Å². The summed E-state index contributed by atoms with van der Waals surface area (Å²) < 4.78 is 10.2. The minimum atomic E-state index is -0.337. The molecule has 0 radical (unpaired) electrons. The van der Waals surface area contributed by atoms with Gasteiger partial charge in [-0.15, -0.1) is 0 Å². The quantitative estimate of drug-likeness (QED) is 0.761. The van der Waals surface area contributed by atoms with E-state index in [9.17, 15) is 4.79 Å². The first-order chi connectivity index (χ1) is 9.69. The van der Waals surface area contributed by atoms with E-state index in [0.29, 0.717) is 12.4 Å². The number of esters is 1. The van der Waals surface area contributed by atoms with Crippen LogP contribution in [0.25, 0.3) is 0 Å². The molecule has 1 saturated heterocycles. The number of ether oxygens (including phenoxy) is 2. The lowest BCUT2D eigenvalue weighted by atomic mass is 10.2. The Morgan fingerprint density at radius 2 is 1.80 bits per heavy atom. The van der Waals surface area contributed by atoms with E-state index in [2.05, 4.69) is 16.8 Å². The van der Waals surface area contributed by atoms with Gasteiger partial charge in [-0.3, -0.25) is 0 Å². The molecule has 2 rings (SSSR count). The molecule has 0 spiro atoms. The summed E-state index contributed by atoms with van der Waals surface area (Å²) in [6.45, 7) is 6.37. The topological polar surface area (TPSA) is 42.0 Å². The number of anilines is 1. The van der Waals surface area contributed by atoms with Crippen molar-refractivity contribution in [2.45, 2.75) is 6.92 Å². The highest BCUT2D eigenvalue weighted by atomic mass is 16.6. The summed E-state index contributed by atoms with van der Waals surface area (Å²) in [6, 6.07) is 7.86. The van der Waals surface area contributed by atoms with Crippen LogP contribution in [0.4, 0.5) is 5.69 Å². The molecule has 5 heteroatoms. The van der Waals surface area contributed by atoms with Crippen LogP contribution < -0.4 is 9.64 Å². The zero-order valence-corrected chi connectivity index (χ0v) is 12.2. The summed E-state index contributed by atoms with van der Waals surface area (Å²) in [5, 5.41) is 0. The van der Waals surface area contributed by atoms with Crippen LogP contribution in [0.2, 0.25) is 0 Å². The molecule has 1 aliphatic heterocycles. The van der Waals surface area contributed by atoms with Crippen molar-refractivity contribution in [2.24, 2.45) is 0 Å². The summed E-state index contributed by atoms with van der Waals surface area (Å²) >= 11 is 0. The molecular weight excluding hydrogens is 256 g/mol. The van der Waals surface area contributed by atoms with Crippen molar-refractivity contribution < 1.29 is 14.3 Å². The highest BCUT2D eigenvalue weighted by Gasteiger charge is 2.14. The summed E-state index contributed by atoms with van der Waals surface area (Å²) in [4.78, 5) is 15.9. The number of hydrogen-bond acceptors (Lipinski definition) is 5. The third kappa shape index (κ3) is 4.13. The highest BCUT2D eigenvalue weighted by molar-refractivity contribution is 5.71. The molecule has 1 aromatic carbocycles. The van der Waals surface area contributed by atoms with Crippen molar-refractivity contribution in [3.8, 4) is 5.75 Å². The van der Waals surface area contributed by atoms with Gasteiger partial charge in [0.15, 0.2) is 6.61 Å². The van der Waals surface area contributed by atoms with E-state index >= 15 is 0 Å². The maximum absolute atomic E-state index is 11.2. The Labute approximate surface area is 120 Å². The Morgan fingerprint density at radius 1 is 1.15 bits per heavy atom. The Kier molecular flexibility index (Phi) is 5.24. The van der Waals surface area contributed by atoms with Gasteiger partial charge in [-0.05, 0) is 38.2 Å². The fourth-order valence-corrected chi connectivity index (χ4v) is 2.16. The number of likely N-dealkylation sites (N-methyl/N-ethyl adjacent to an activating group) is 1. The number of carbonyl (C=O) groups is 1. The summed E-state index contributed by atoms with van der Waals surface area (Å²) in [7, 11) is 2.14. The molecule has 0 N–H and O–H groups in total. The van der Waals surface area contributed by atoms with Crippen molar-refractivity contribution in [1.29, 1.82) is 0 Å². The van der Waals surface area contributed by atoms with Crippen molar-refractivity contribution in [3.05, 3.63) is 24.3 Å². The molecule has 1 aromatic rings. The fourth-order valence-electron chi connectivity index (χ4n) is 2.16. The molecular formula is C15H22N2O3. The number of benzene rings is 1. The molecule has 0 atom stereocenters. The van der Waals surface area contributed by atoms with Crippen LogP contribution >= 0.6 is 0 Å². The lowest BCUT2D eigenvalue weighted by Crippen LogP contribution is -2.44. The van der Waals surface area contributed by atoms with E-state index in [4.69, 9.17) is 9.47 Å². The molecule has 110 valence electrons. The van der Waals surface area contributed by atoms with Gasteiger partial charge in [0.1, 0.15) is 5.75 Å². The molecule has 20 heavy (non-hydrogen) atoms. The van der Waals surface area contributed by atoms with Crippen molar-refractivity contribution in [2.75, 3.05) is 51.3 Å². The molecule has 0 unspecified atom stereocenters. The highest BCUT2D eigenvalue weighted by Crippen LogP contribution is 2.20. The summed E-state index contributed by atoms with van der Waals surface area (Å²) in [6.07, 6.45) is 0. The zero-order valence-electron chi connectivity index (χ0n) is 12.2. The van der Waals surface area contributed by atoms with Crippen LogP contribution in [-0.2, 0) is 9.53 Å². The molecule has 0 bridgehead atoms. The largest absolute Gasteiger partial charge is 0.482 e. The van der Waals surface area contributed by atoms with Crippen LogP contribution in [0.15, 0.2) is 24.3 Å². The van der Waals surface area contributed by atoms with Crippen molar-refractivity contribution in [1.82, 2.24) is 4.90 Å². The van der Waals surface area contributed by atoms with Crippen LogP contribution in [-0.4, -0.2) is 57.3 Å². The van der Waals surface area contributed by atoms with E-state index in [0.717, 1.165) is 26.2 Å². The Morgan fingerprint density at radius 3 is 2.40 bits per heavy atom. The van der Waals surface area contributed by atoms with Gasteiger partial charge in [-0.25, -0.2) is 4.79 Å². The van der Waals surface area contributed by atoms with Gasteiger partial charge < -0.3 is 19.3 Å². The molecule has 1 fully saturated rings. The molecule has 0 amide bonds. The van der Waals surface area contributed by atoms with Gasteiger partial charge in [0.25, 0.3) is 0 Å². The Balaban J connectivity index is 1.85. The maximum Gasteiger partial charge on any atom is 0.344 e. The standard InChI is InChI=1S/C15H22N2O3/c1-3-19-15(18)12-20-14-6-4-13(5-7-14)17-10-8-16(2)9-11-17/h4-7H,3,8-12H2,1-2H3. The fraction of sp³-hybridized carbons (Fsp3) is 0.533. The van der Waals surface area contributed by atoms with E-state index in [1.54, 1.807) is 6.92 Å². The average molecular weight is 278 g/mol. The second-order valence-corrected chi connectivity index (χ2v) is 4.88. The molecule has 1 aliphatic rings. The van der Waals surface area contributed by atoms with E-state index in [1.807, 2.05) is 24.3 Å². The van der Waals surface area contributed by atoms with Gasteiger partial charge in [0.05, 0.1) is 6.61 Å². The first-order valence-electron chi connectivity index (χ1n) is 7.01. The van der Waals surface area contributed by atoms with Gasteiger partial charge in [0, 0.05) is 31.9 Å². The number of hydrogen-bond donors (Lipinski definition) is 0. The lowest BCUT2D eigenvalue weighted by Gasteiger charge is -2.34. The van der Waals surface area contributed by atoms with Crippen molar-refractivity contribution >= 4 is 11.7 Å². The van der Waals surface area contributed by atoms with Gasteiger partial charge in [-0.1, -0.05) is 0 Å². The SMILES string of the molecule is CCOC(=O)COc1ccc(N2CCN(C)CC2)cc1. The Bertz CT molecular complexity index is 425. The summed E-state index contributed by atoms with van der Waals surface area (Å²) in [5.74, 6) is 0.353. The molecule has 5 nitrogen and oxygen atoms in total. The molecule has 0 aromatic heterocycles. The average Bonchev–Trinajstić information content (AvgIpc) is 2.47. The monoisotopic (exact) mass is 278 g/mol. The number of nitrogens with zero attached hydrogens (tertiary/aromatic N) is 2. The van der Waals surface area contributed by atoms with Crippen LogP contribution in [0, 0.1) is 0 Å². The number of carbonyl (C=O) groups excluding carboxylic acids is 1. The predicted octanol–water partition coefficient (Wildman–Crippen LogP) is 1.38. The molecule has 0 saturated carbocycles. The predicted molar refractivity (Wildman–Crippen MR) is 78.3 cm³/mol. The van der Waals surface area contributed by atoms with Crippen LogP contribution in [0.5, 0.6) is 5.75 Å². The number of rotatable bonds is 5. The van der Waals surface area contributed by atoms with E-state index < -0.39 is 0 Å².